The van der Waals surface area contributed by atoms with Gasteiger partial charge in [0.05, 0.1) is 12.1 Å². The predicted octanol–water partition coefficient (Wildman–Crippen LogP) is 1.66. The van der Waals surface area contributed by atoms with Crippen LogP contribution in [-0.4, -0.2) is 62.8 Å². The van der Waals surface area contributed by atoms with Gasteiger partial charge < -0.3 is 10.2 Å². The number of carbonyl (C=O) groups excluding carboxylic acids is 1. The standard InChI is InChI=1S/C16H30N6O/c1-12(2)21-8-7-13(10-21)20(6)15(23)17-9-14-18-11-19-22(14)16(3,4)5/h11-13H,7-10H2,1-6H3,(H,17,23). The molecule has 1 aromatic rings. The number of nitrogens with one attached hydrogen (secondary N) is 1. The van der Waals surface area contributed by atoms with E-state index in [1.165, 1.54) is 6.33 Å². The van der Waals surface area contributed by atoms with E-state index in [0.717, 1.165) is 25.3 Å². The highest BCUT2D eigenvalue weighted by Gasteiger charge is 2.29. The summed E-state index contributed by atoms with van der Waals surface area (Å²) in [5.41, 5.74) is -0.147. The van der Waals surface area contributed by atoms with Gasteiger partial charge in [-0.1, -0.05) is 0 Å². The maximum Gasteiger partial charge on any atom is 0.317 e. The number of urea groups is 1. The van der Waals surface area contributed by atoms with Gasteiger partial charge in [-0.25, -0.2) is 14.5 Å². The topological polar surface area (TPSA) is 66.3 Å². The fourth-order valence-corrected chi connectivity index (χ4v) is 2.94. The third-order valence-corrected chi connectivity index (χ3v) is 4.44. The van der Waals surface area contributed by atoms with Crippen molar-refractivity contribution in [3.05, 3.63) is 12.2 Å². The number of carbonyl (C=O) groups is 1. The Kier molecular flexibility index (Phi) is 5.29. The SMILES string of the molecule is CC(C)N1CCC(N(C)C(=O)NCc2ncnn2C(C)(C)C)C1. The monoisotopic (exact) mass is 322 g/mol. The summed E-state index contributed by atoms with van der Waals surface area (Å²) in [7, 11) is 1.87. The van der Waals surface area contributed by atoms with E-state index >= 15 is 0 Å². The molecule has 1 atom stereocenters. The molecule has 0 aliphatic carbocycles. The second kappa shape index (κ2) is 6.86. The lowest BCUT2D eigenvalue weighted by molar-refractivity contribution is 0.184. The van der Waals surface area contributed by atoms with E-state index in [2.05, 4.69) is 54.9 Å². The zero-order chi connectivity index (χ0) is 17.2. The molecule has 0 radical (unpaired) electrons. The molecule has 130 valence electrons. The number of likely N-dealkylation sites (tertiary alicyclic amines) is 1. The van der Waals surface area contributed by atoms with Crippen molar-refractivity contribution >= 4 is 6.03 Å². The van der Waals surface area contributed by atoms with Gasteiger partial charge in [0.25, 0.3) is 0 Å². The van der Waals surface area contributed by atoms with Crippen LogP contribution in [0.15, 0.2) is 6.33 Å². The lowest BCUT2D eigenvalue weighted by Crippen LogP contribution is -2.45. The Morgan fingerprint density at radius 3 is 2.74 bits per heavy atom. The summed E-state index contributed by atoms with van der Waals surface area (Å²) in [5, 5.41) is 7.21. The molecule has 0 saturated carbocycles. The molecule has 23 heavy (non-hydrogen) atoms. The van der Waals surface area contributed by atoms with E-state index in [1.54, 1.807) is 0 Å². The number of nitrogens with zero attached hydrogens (tertiary/aromatic N) is 5. The number of amides is 2. The second-order valence-corrected chi connectivity index (χ2v) is 7.56. The van der Waals surface area contributed by atoms with Crippen molar-refractivity contribution in [1.82, 2.24) is 29.9 Å². The van der Waals surface area contributed by atoms with E-state index in [4.69, 9.17) is 0 Å². The molecular formula is C16H30N6O. The van der Waals surface area contributed by atoms with Crippen LogP contribution in [0.4, 0.5) is 4.79 Å². The summed E-state index contributed by atoms with van der Waals surface area (Å²) in [6, 6.07) is 0.753. The molecule has 2 rings (SSSR count). The summed E-state index contributed by atoms with van der Waals surface area (Å²) in [5.74, 6) is 0.773. The number of rotatable bonds is 4. The average Bonchev–Trinajstić information content (AvgIpc) is 3.11. The quantitative estimate of drug-likeness (QED) is 0.915. The second-order valence-electron chi connectivity index (χ2n) is 7.56. The number of likely N-dealkylation sites (N-methyl/N-ethyl adjacent to an activating group) is 1. The lowest BCUT2D eigenvalue weighted by atomic mass is 10.1. The Morgan fingerprint density at radius 2 is 2.17 bits per heavy atom. The Hall–Kier alpha value is -1.63. The largest absolute Gasteiger partial charge is 0.331 e. The van der Waals surface area contributed by atoms with E-state index in [-0.39, 0.29) is 17.6 Å². The molecule has 1 fully saturated rings. The molecule has 7 nitrogen and oxygen atoms in total. The third-order valence-electron chi connectivity index (χ3n) is 4.44. The summed E-state index contributed by atoms with van der Waals surface area (Å²) >= 11 is 0. The third kappa shape index (κ3) is 4.22. The van der Waals surface area contributed by atoms with Gasteiger partial charge in [-0.15, -0.1) is 0 Å². The van der Waals surface area contributed by atoms with Gasteiger partial charge in [-0.05, 0) is 41.0 Å². The zero-order valence-electron chi connectivity index (χ0n) is 15.2. The van der Waals surface area contributed by atoms with Crippen molar-refractivity contribution in [2.45, 2.75) is 65.2 Å². The highest BCUT2D eigenvalue weighted by Crippen LogP contribution is 2.17. The van der Waals surface area contributed by atoms with Crippen LogP contribution in [-0.2, 0) is 12.1 Å². The van der Waals surface area contributed by atoms with Crippen LogP contribution in [0, 0.1) is 0 Å². The van der Waals surface area contributed by atoms with Gasteiger partial charge in [0.2, 0.25) is 0 Å². The Bertz CT molecular complexity index is 533. The maximum absolute atomic E-state index is 12.4. The van der Waals surface area contributed by atoms with Crippen LogP contribution in [0.25, 0.3) is 0 Å². The van der Waals surface area contributed by atoms with Gasteiger partial charge in [-0.3, -0.25) is 4.90 Å². The minimum atomic E-state index is -0.147. The summed E-state index contributed by atoms with van der Waals surface area (Å²) in [6.07, 6.45) is 2.56. The van der Waals surface area contributed by atoms with Crippen molar-refractivity contribution in [1.29, 1.82) is 0 Å². The summed E-state index contributed by atoms with van der Waals surface area (Å²) in [6.45, 7) is 13.0. The zero-order valence-corrected chi connectivity index (χ0v) is 15.2. The van der Waals surface area contributed by atoms with Crippen LogP contribution in [0.2, 0.25) is 0 Å². The van der Waals surface area contributed by atoms with Crippen molar-refractivity contribution in [3.8, 4) is 0 Å². The van der Waals surface area contributed by atoms with Gasteiger partial charge >= 0.3 is 6.03 Å². The fourth-order valence-electron chi connectivity index (χ4n) is 2.94. The lowest BCUT2D eigenvalue weighted by Gasteiger charge is -2.27. The highest BCUT2D eigenvalue weighted by atomic mass is 16.2. The number of hydrogen-bond donors (Lipinski definition) is 1. The van der Waals surface area contributed by atoms with Crippen LogP contribution in [0.5, 0.6) is 0 Å². The summed E-state index contributed by atoms with van der Waals surface area (Å²) < 4.78 is 1.85. The minimum absolute atomic E-state index is 0.0518. The minimum Gasteiger partial charge on any atom is -0.331 e. The predicted molar refractivity (Wildman–Crippen MR) is 90.1 cm³/mol. The van der Waals surface area contributed by atoms with Gasteiger partial charge in [-0.2, -0.15) is 5.10 Å². The van der Waals surface area contributed by atoms with Crippen LogP contribution in [0.3, 0.4) is 0 Å². The molecule has 7 heteroatoms. The van der Waals surface area contributed by atoms with E-state index in [1.807, 2.05) is 16.6 Å². The maximum atomic E-state index is 12.4. The molecule has 1 aromatic heterocycles. The first-order valence-corrected chi connectivity index (χ1v) is 8.34. The molecule has 1 aliphatic heterocycles. The van der Waals surface area contributed by atoms with E-state index < -0.39 is 0 Å². The van der Waals surface area contributed by atoms with Crippen molar-refractivity contribution in [2.75, 3.05) is 20.1 Å². The first-order chi connectivity index (χ1) is 10.7. The number of aromatic nitrogens is 3. The molecule has 0 bridgehead atoms. The summed E-state index contributed by atoms with van der Waals surface area (Å²) in [4.78, 5) is 20.9. The molecule has 2 amide bonds. The van der Waals surface area contributed by atoms with Gasteiger partial charge in [0.1, 0.15) is 12.2 Å². The normalized spacial score (nSPS) is 19.3. The van der Waals surface area contributed by atoms with Crippen LogP contribution in [0.1, 0.15) is 46.9 Å². The van der Waals surface area contributed by atoms with Gasteiger partial charge in [0.15, 0.2) is 0 Å². The molecule has 0 aromatic carbocycles. The van der Waals surface area contributed by atoms with Crippen LogP contribution >= 0.6 is 0 Å². The molecule has 1 saturated heterocycles. The smallest absolute Gasteiger partial charge is 0.317 e. The van der Waals surface area contributed by atoms with E-state index in [9.17, 15) is 4.79 Å². The highest BCUT2D eigenvalue weighted by molar-refractivity contribution is 5.74. The van der Waals surface area contributed by atoms with Crippen molar-refractivity contribution in [2.24, 2.45) is 0 Å². The first-order valence-electron chi connectivity index (χ1n) is 8.34. The fraction of sp³-hybridized carbons (Fsp3) is 0.812. The Balaban J connectivity index is 1.89. The van der Waals surface area contributed by atoms with Crippen molar-refractivity contribution < 1.29 is 4.79 Å². The van der Waals surface area contributed by atoms with Crippen LogP contribution < -0.4 is 5.32 Å². The Labute approximate surface area is 139 Å². The van der Waals surface area contributed by atoms with Gasteiger partial charge in [0, 0.05) is 32.2 Å². The molecule has 1 N–H and O–H groups in total. The van der Waals surface area contributed by atoms with E-state index in [0.29, 0.717) is 12.6 Å². The number of hydrogen-bond acceptors (Lipinski definition) is 4. The molecule has 1 aliphatic rings. The molecule has 0 spiro atoms. The molecule has 1 unspecified atom stereocenters. The Morgan fingerprint density at radius 1 is 1.48 bits per heavy atom. The average molecular weight is 322 g/mol. The van der Waals surface area contributed by atoms with Crippen molar-refractivity contribution in [3.63, 3.8) is 0 Å². The first kappa shape index (κ1) is 17.7. The molecule has 2 heterocycles. The molecular weight excluding hydrogens is 292 g/mol.